The molecule has 1 aliphatic heterocycles. The minimum Gasteiger partial charge on any atom is -0.366 e. The second-order valence-corrected chi connectivity index (χ2v) is 5.00. The van der Waals surface area contributed by atoms with E-state index in [1.54, 1.807) is 19.1 Å². The maximum absolute atomic E-state index is 12.0. The van der Waals surface area contributed by atoms with Crippen molar-refractivity contribution in [1.29, 1.82) is 0 Å². The largest absolute Gasteiger partial charge is 0.366 e. The highest BCUT2D eigenvalue weighted by molar-refractivity contribution is 6.07. The van der Waals surface area contributed by atoms with Crippen LogP contribution in [0.25, 0.3) is 11.1 Å². The van der Waals surface area contributed by atoms with Crippen molar-refractivity contribution in [1.82, 2.24) is 5.16 Å². The number of aromatic nitrogens is 1. The Morgan fingerprint density at radius 3 is 2.76 bits per heavy atom. The van der Waals surface area contributed by atoms with Crippen LogP contribution in [0.2, 0.25) is 0 Å². The molecule has 0 saturated heterocycles. The minimum absolute atomic E-state index is 0.458. The summed E-state index contributed by atoms with van der Waals surface area (Å²) in [5.41, 5.74) is 1.68. The van der Waals surface area contributed by atoms with E-state index in [1.165, 1.54) is 0 Å². The standard InChI is InChI=1S/C16H14N2O3/c1-4-7-16(20)12-8-11(5-6-13(12)17-15(16)19)14-9(2)18-21-10(14)3/h5-6,8,20H,1-3H3,(H,17,19). The van der Waals surface area contributed by atoms with Crippen LogP contribution < -0.4 is 5.32 Å². The lowest BCUT2D eigenvalue weighted by Crippen LogP contribution is -2.32. The third-order valence-corrected chi connectivity index (χ3v) is 3.61. The Kier molecular flexibility index (Phi) is 2.85. The van der Waals surface area contributed by atoms with Crippen LogP contribution in [0.4, 0.5) is 5.69 Å². The zero-order chi connectivity index (χ0) is 15.2. The molecule has 1 atom stereocenters. The molecule has 2 aromatic rings. The predicted octanol–water partition coefficient (Wildman–Crippen LogP) is 2.12. The Hall–Kier alpha value is -2.58. The SMILES string of the molecule is CC#CC1(O)C(=O)Nc2ccc(-c3c(C)noc3C)cc21. The molecule has 1 aliphatic rings. The fourth-order valence-electron chi connectivity index (χ4n) is 2.64. The van der Waals surface area contributed by atoms with Crippen molar-refractivity contribution in [3.8, 4) is 23.0 Å². The molecule has 0 fully saturated rings. The molecule has 1 aromatic heterocycles. The van der Waals surface area contributed by atoms with Gasteiger partial charge >= 0.3 is 0 Å². The number of carbonyl (C=O) groups excluding carboxylic acids is 1. The van der Waals surface area contributed by atoms with Gasteiger partial charge in [0.1, 0.15) is 5.76 Å². The summed E-state index contributed by atoms with van der Waals surface area (Å²) in [6.07, 6.45) is 0. The number of benzene rings is 1. The number of rotatable bonds is 1. The first-order chi connectivity index (χ1) is 9.97. The van der Waals surface area contributed by atoms with Crippen LogP contribution in [0.3, 0.4) is 0 Å². The molecular formula is C16H14N2O3. The molecule has 106 valence electrons. The highest BCUT2D eigenvalue weighted by Gasteiger charge is 2.44. The summed E-state index contributed by atoms with van der Waals surface area (Å²) in [4.78, 5) is 12.0. The summed E-state index contributed by atoms with van der Waals surface area (Å²) in [6.45, 7) is 5.26. The fraction of sp³-hybridized carbons (Fsp3) is 0.250. The van der Waals surface area contributed by atoms with E-state index in [4.69, 9.17) is 4.52 Å². The average molecular weight is 282 g/mol. The summed E-state index contributed by atoms with van der Waals surface area (Å²) < 4.78 is 5.17. The maximum Gasteiger partial charge on any atom is 0.274 e. The topological polar surface area (TPSA) is 75.4 Å². The van der Waals surface area contributed by atoms with Gasteiger partial charge in [-0.2, -0.15) is 0 Å². The molecule has 1 aromatic carbocycles. The van der Waals surface area contributed by atoms with Crippen LogP contribution in [0.15, 0.2) is 22.7 Å². The van der Waals surface area contributed by atoms with Gasteiger partial charge < -0.3 is 14.9 Å². The van der Waals surface area contributed by atoms with Gasteiger partial charge in [-0.25, -0.2) is 0 Å². The number of aliphatic hydroxyl groups is 1. The van der Waals surface area contributed by atoms with Crippen LogP contribution in [0.5, 0.6) is 0 Å². The van der Waals surface area contributed by atoms with Gasteiger partial charge in [0.15, 0.2) is 0 Å². The molecule has 0 bridgehead atoms. The van der Waals surface area contributed by atoms with E-state index < -0.39 is 11.5 Å². The molecule has 0 spiro atoms. The van der Waals surface area contributed by atoms with Gasteiger partial charge in [-0.3, -0.25) is 4.79 Å². The molecular weight excluding hydrogens is 268 g/mol. The maximum atomic E-state index is 12.0. The lowest BCUT2D eigenvalue weighted by molar-refractivity contribution is -0.128. The second kappa shape index (κ2) is 4.47. The lowest BCUT2D eigenvalue weighted by atomic mass is 9.92. The van der Waals surface area contributed by atoms with E-state index >= 15 is 0 Å². The predicted molar refractivity (Wildman–Crippen MR) is 77.4 cm³/mol. The van der Waals surface area contributed by atoms with Crippen molar-refractivity contribution in [2.75, 3.05) is 5.32 Å². The van der Waals surface area contributed by atoms with Crippen LogP contribution in [-0.2, 0) is 10.4 Å². The summed E-state index contributed by atoms with van der Waals surface area (Å²) in [5.74, 6) is 5.35. The normalized spacial score (nSPS) is 19.7. The van der Waals surface area contributed by atoms with E-state index in [0.717, 1.165) is 16.8 Å². The first-order valence-corrected chi connectivity index (χ1v) is 6.53. The van der Waals surface area contributed by atoms with Crippen molar-refractivity contribution in [2.45, 2.75) is 26.4 Å². The molecule has 2 heterocycles. The number of nitrogens with zero attached hydrogens (tertiary/aromatic N) is 1. The van der Waals surface area contributed by atoms with Gasteiger partial charge in [0.05, 0.1) is 5.69 Å². The van der Waals surface area contributed by atoms with Crippen molar-refractivity contribution in [3.63, 3.8) is 0 Å². The van der Waals surface area contributed by atoms with Gasteiger partial charge in [0.25, 0.3) is 5.91 Å². The smallest absolute Gasteiger partial charge is 0.274 e. The summed E-state index contributed by atoms with van der Waals surface area (Å²) in [6, 6.07) is 5.37. The van der Waals surface area contributed by atoms with Gasteiger partial charge in [-0.05, 0) is 38.5 Å². The summed E-state index contributed by atoms with van der Waals surface area (Å²) in [5, 5.41) is 17.1. The quantitative estimate of drug-likeness (QED) is 0.786. The molecule has 5 heteroatoms. The Morgan fingerprint density at radius 1 is 1.38 bits per heavy atom. The van der Waals surface area contributed by atoms with E-state index in [-0.39, 0.29) is 0 Å². The summed E-state index contributed by atoms with van der Waals surface area (Å²) >= 11 is 0. The zero-order valence-electron chi connectivity index (χ0n) is 11.9. The Balaban J connectivity index is 2.21. The van der Waals surface area contributed by atoms with Crippen molar-refractivity contribution >= 4 is 11.6 Å². The molecule has 0 saturated carbocycles. The summed E-state index contributed by atoms with van der Waals surface area (Å²) in [7, 11) is 0. The third-order valence-electron chi connectivity index (χ3n) is 3.61. The van der Waals surface area contributed by atoms with Crippen molar-refractivity contribution in [3.05, 3.63) is 35.2 Å². The minimum atomic E-state index is -1.81. The van der Waals surface area contributed by atoms with Gasteiger partial charge in [-0.1, -0.05) is 17.1 Å². The molecule has 1 unspecified atom stereocenters. The first-order valence-electron chi connectivity index (χ1n) is 6.53. The van der Waals surface area contributed by atoms with E-state index in [9.17, 15) is 9.90 Å². The highest BCUT2D eigenvalue weighted by Crippen LogP contribution is 2.39. The molecule has 1 amide bonds. The van der Waals surface area contributed by atoms with Crippen LogP contribution in [0.1, 0.15) is 23.9 Å². The number of amides is 1. The Bertz CT molecular complexity index is 791. The molecule has 0 aliphatic carbocycles. The number of aryl methyl sites for hydroxylation is 2. The highest BCUT2D eigenvalue weighted by atomic mass is 16.5. The zero-order valence-corrected chi connectivity index (χ0v) is 11.9. The number of fused-ring (bicyclic) bond motifs is 1. The molecule has 2 N–H and O–H groups in total. The number of carbonyl (C=O) groups is 1. The van der Waals surface area contributed by atoms with Crippen molar-refractivity contribution in [2.24, 2.45) is 0 Å². The lowest BCUT2D eigenvalue weighted by Gasteiger charge is -2.14. The van der Waals surface area contributed by atoms with E-state index in [1.807, 2.05) is 19.9 Å². The average Bonchev–Trinajstić information content (AvgIpc) is 2.89. The number of nitrogens with one attached hydrogen (secondary N) is 1. The van der Waals surface area contributed by atoms with Gasteiger partial charge in [0.2, 0.25) is 5.60 Å². The molecule has 5 nitrogen and oxygen atoms in total. The number of hydrogen-bond donors (Lipinski definition) is 2. The van der Waals surface area contributed by atoms with Gasteiger partial charge in [0, 0.05) is 16.8 Å². The molecule has 3 rings (SSSR count). The van der Waals surface area contributed by atoms with E-state index in [2.05, 4.69) is 22.3 Å². The molecule has 0 radical (unpaired) electrons. The third kappa shape index (κ3) is 1.84. The number of anilines is 1. The van der Waals surface area contributed by atoms with Gasteiger partial charge in [-0.15, -0.1) is 5.92 Å². The Labute approximate surface area is 122 Å². The monoisotopic (exact) mass is 282 g/mol. The van der Waals surface area contributed by atoms with Crippen molar-refractivity contribution < 1.29 is 14.4 Å². The first kappa shape index (κ1) is 13.4. The Morgan fingerprint density at radius 2 is 2.14 bits per heavy atom. The van der Waals surface area contributed by atoms with E-state index in [0.29, 0.717) is 17.0 Å². The molecule has 21 heavy (non-hydrogen) atoms. The van der Waals surface area contributed by atoms with Crippen LogP contribution in [0, 0.1) is 25.7 Å². The number of hydrogen-bond acceptors (Lipinski definition) is 4. The second-order valence-electron chi connectivity index (χ2n) is 5.00. The van der Waals surface area contributed by atoms with Crippen LogP contribution >= 0.6 is 0 Å². The fourth-order valence-corrected chi connectivity index (χ4v) is 2.64. The van der Waals surface area contributed by atoms with Crippen LogP contribution in [-0.4, -0.2) is 16.2 Å².